The van der Waals surface area contributed by atoms with Crippen molar-refractivity contribution in [1.29, 1.82) is 0 Å². The fourth-order valence-corrected chi connectivity index (χ4v) is 2.69. The van der Waals surface area contributed by atoms with Crippen LogP contribution in [0.5, 0.6) is 0 Å². The number of piperidine rings is 1. The molecule has 6 heteroatoms. The summed E-state index contributed by atoms with van der Waals surface area (Å²) >= 11 is 0. The smallest absolute Gasteiger partial charge is 0.222 e. The first-order chi connectivity index (χ1) is 11.1. The number of carbonyl (C=O) groups excluding carboxylic acids is 1. The Hall–Kier alpha value is -1.31. The molecule has 1 amide bonds. The van der Waals surface area contributed by atoms with Crippen LogP contribution in [0, 0.1) is 6.92 Å². The van der Waals surface area contributed by atoms with Crippen LogP contribution in [-0.4, -0.2) is 49.5 Å². The van der Waals surface area contributed by atoms with Gasteiger partial charge in [-0.1, -0.05) is 29.8 Å². The van der Waals surface area contributed by atoms with Gasteiger partial charge in [0.25, 0.3) is 0 Å². The molecule has 0 aliphatic carbocycles. The number of aliphatic imine (C=N–C) groups is 1. The molecule has 1 atom stereocenters. The van der Waals surface area contributed by atoms with Crippen molar-refractivity contribution in [2.75, 3.05) is 26.7 Å². The zero-order chi connectivity index (χ0) is 16.7. The Balaban J connectivity index is 0.00000288. The van der Waals surface area contributed by atoms with Crippen LogP contribution in [0.25, 0.3) is 0 Å². The normalized spacial score (nSPS) is 18.1. The highest BCUT2D eigenvalue weighted by atomic mass is 127. The molecule has 1 saturated heterocycles. The molecule has 1 aromatic carbocycles. The molecular weight excluding hydrogens is 415 g/mol. The minimum atomic E-state index is 0. The van der Waals surface area contributed by atoms with Crippen molar-refractivity contribution in [2.45, 2.75) is 39.2 Å². The second-order valence-electron chi connectivity index (χ2n) is 6.15. The van der Waals surface area contributed by atoms with Crippen molar-refractivity contribution in [2.24, 2.45) is 4.99 Å². The molecule has 134 valence electrons. The summed E-state index contributed by atoms with van der Waals surface area (Å²) in [5.74, 6) is 1.07. The van der Waals surface area contributed by atoms with Gasteiger partial charge in [0, 0.05) is 39.1 Å². The van der Waals surface area contributed by atoms with Crippen LogP contribution in [0.2, 0.25) is 0 Å². The summed E-state index contributed by atoms with van der Waals surface area (Å²) in [6.45, 7) is 6.48. The molecular formula is C18H29IN4O. The zero-order valence-electron chi connectivity index (χ0n) is 14.8. The van der Waals surface area contributed by atoms with E-state index in [2.05, 4.69) is 53.7 Å². The second-order valence-corrected chi connectivity index (χ2v) is 6.15. The Morgan fingerprint density at radius 2 is 2.04 bits per heavy atom. The quantitative estimate of drug-likeness (QED) is 0.417. The van der Waals surface area contributed by atoms with Crippen LogP contribution in [0.1, 0.15) is 30.9 Å². The van der Waals surface area contributed by atoms with E-state index in [0.717, 1.165) is 38.4 Å². The van der Waals surface area contributed by atoms with Crippen molar-refractivity contribution in [3.63, 3.8) is 0 Å². The Labute approximate surface area is 162 Å². The van der Waals surface area contributed by atoms with E-state index in [1.54, 1.807) is 4.90 Å². The van der Waals surface area contributed by atoms with E-state index in [1.165, 1.54) is 11.1 Å². The largest absolute Gasteiger partial charge is 0.357 e. The Morgan fingerprint density at radius 3 is 2.67 bits per heavy atom. The number of likely N-dealkylation sites (tertiary alicyclic amines) is 1. The number of hydrogen-bond acceptors (Lipinski definition) is 2. The van der Waals surface area contributed by atoms with E-state index < -0.39 is 0 Å². The van der Waals surface area contributed by atoms with Crippen LogP contribution >= 0.6 is 24.0 Å². The van der Waals surface area contributed by atoms with Gasteiger partial charge in [-0.15, -0.1) is 24.0 Å². The Morgan fingerprint density at radius 1 is 1.33 bits per heavy atom. The molecule has 0 spiro atoms. The summed E-state index contributed by atoms with van der Waals surface area (Å²) in [6.07, 6.45) is 2.41. The number of nitrogens with zero attached hydrogens (tertiary/aromatic N) is 2. The predicted octanol–water partition coefficient (Wildman–Crippen LogP) is 2.33. The van der Waals surface area contributed by atoms with Crippen molar-refractivity contribution in [3.8, 4) is 0 Å². The van der Waals surface area contributed by atoms with Gasteiger partial charge in [-0.05, 0) is 32.3 Å². The molecule has 1 aliphatic rings. The van der Waals surface area contributed by atoms with Gasteiger partial charge in [0.1, 0.15) is 0 Å². The van der Waals surface area contributed by atoms with Crippen molar-refractivity contribution in [1.82, 2.24) is 15.5 Å². The summed E-state index contributed by atoms with van der Waals surface area (Å²) in [5, 5.41) is 6.74. The summed E-state index contributed by atoms with van der Waals surface area (Å²) in [4.78, 5) is 18.0. The topological polar surface area (TPSA) is 56.7 Å². The van der Waals surface area contributed by atoms with E-state index in [1.807, 2.05) is 7.05 Å². The predicted molar refractivity (Wildman–Crippen MR) is 110 cm³/mol. The lowest BCUT2D eigenvalue weighted by atomic mass is 10.1. The van der Waals surface area contributed by atoms with Crippen LogP contribution in [0.4, 0.5) is 0 Å². The number of benzene rings is 1. The van der Waals surface area contributed by atoms with Gasteiger partial charge in [-0.25, -0.2) is 0 Å². The maximum absolute atomic E-state index is 11.6. The SMILES string of the molecule is CCNC(=NCCc1ccc(C)cc1)NC1CCC(=O)N(C)C1.I. The number of halogens is 1. The van der Waals surface area contributed by atoms with E-state index in [9.17, 15) is 4.79 Å². The fraction of sp³-hybridized carbons (Fsp3) is 0.556. The van der Waals surface area contributed by atoms with Crippen LogP contribution in [0.15, 0.2) is 29.3 Å². The monoisotopic (exact) mass is 444 g/mol. The molecule has 5 nitrogen and oxygen atoms in total. The lowest BCUT2D eigenvalue weighted by molar-refractivity contribution is -0.132. The standard InChI is InChI=1S/C18H28N4O.HI/c1-4-19-18(21-16-9-10-17(23)22(3)13-16)20-12-11-15-7-5-14(2)6-8-15;/h5-8,16H,4,9-13H2,1-3H3,(H2,19,20,21);1H. The van der Waals surface area contributed by atoms with Gasteiger partial charge >= 0.3 is 0 Å². The number of rotatable bonds is 5. The van der Waals surface area contributed by atoms with Crippen molar-refractivity contribution < 1.29 is 4.79 Å². The Kier molecular flexibility index (Phi) is 9.10. The highest BCUT2D eigenvalue weighted by Crippen LogP contribution is 2.09. The number of nitrogens with one attached hydrogen (secondary N) is 2. The van der Waals surface area contributed by atoms with Crippen molar-refractivity contribution >= 4 is 35.8 Å². The third kappa shape index (κ3) is 6.67. The third-order valence-corrected chi connectivity index (χ3v) is 4.10. The van der Waals surface area contributed by atoms with E-state index in [0.29, 0.717) is 6.42 Å². The summed E-state index contributed by atoms with van der Waals surface area (Å²) in [6, 6.07) is 8.86. The summed E-state index contributed by atoms with van der Waals surface area (Å²) < 4.78 is 0. The first-order valence-corrected chi connectivity index (χ1v) is 8.43. The minimum absolute atomic E-state index is 0. The van der Waals surface area contributed by atoms with Gasteiger partial charge in [0.05, 0.1) is 0 Å². The first-order valence-electron chi connectivity index (χ1n) is 8.43. The zero-order valence-corrected chi connectivity index (χ0v) is 17.2. The molecule has 0 bridgehead atoms. The lowest BCUT2D eigenvalue weighted by Crippen LogP contribution is -2.51. The molecule has 1 unspecified atom stereocenters. The van der Waals surface area contributed by atoms with Gasteiger partial charge < -0.3 is 15.5 Å². The average Bonchev–Trinajstić information content (AvgIpc) is 2.53. The molecule has 0 aromatic heterocycles. The molecule has 24 heavy (non-hydrogen) atoms. The van der Waals surface area contributed by atoms with Crippen LogP contribution in [0.3, 0.4) is 0 Å². The van der Waals surface area contributed by atoms with E-state index in [4.69, 9.17) is 0 Å². The van der Waals surface area contributed by atoms with Gasteiger partial charge in [0.2, 0.25) is 5.91 Å². The second kappa shape index (κ2) is 10.5. The fourth-order valence-electron chi connectivity index (χ4n) is 2.69. The van der Waals surface area contributed by atoms with Gasteiger partial charge in [0.15, 0.2) is 5.96 Å². The highest BCUT2D eigenvalue weighted by molar-refractivity contribution is 14.0. The maximum atomic E-state index is 11.6. The number of hydrogen-bond donors (Lipinski definition) is 2. The molecule has 0 saturated carbocycles. The summed E-state index contributed by atoms with van der Waals surface area (Å²) in [5.41, 5.74) is 2.58. The molecule has 1 fully saturated rings. The first kappa shape index (κ1) is 20.7. The van der Waals surface area contributed by atoms with Gasteiger partial charge in [-0.3, -0.25) is 9.79 Å². The van der Waals surface area contributed by atoms with Crippen molar-refractivity contribution in [3.05, 3.63) is 35.4 Å². The van der Waals surface area contributed by atoms with E-state index in [-0.39, 0.29) is 35.9 Å². The third-order valence-electron chi connectivity index (χ3n) is 4.10. The molecule has 0 radical (unpaired) electrons. The number of likely N-dealkylation sites (N-methyl/N-ethyl adjacent to an activating group) is 1. The molecule has 1 aliphatic heterocycles. The molecule has 1 heterocycles. The molecule has 2 rings (SSSR count). The average molecular weight is 444 g/mol. The number of amides is 1. The minimum Gasteiger partial charge on any atom is -0.357 e. The molecule has 2 N–H and O–H groups in total. The Bertz CT molecular complexity index is 544. The number of aryl methyl sites for hydroxylation is 1. The van der Waals surface area contributed by atoms with Crippen LogP contribution < -0.4 is 10.6 Å². The number of carbonyl (C=O) groups is 1. The lowest BCUT2D eigenvalue weighted by Gasteiger charge is -2.31. The van der Waals surface area contributed by atoms with Crippen LogP contribution in [-0.2, 0) is 11.2 Å². The number of guanidine groups is 1. The molecule has 1 aromatic rings. The maximum Gasteiger partial charge on any atom is 0.222 e. The highest BCUT2D eigenvalue weighted by Gasteiger charge is 2.23. The van der Waals surface area contributed by atoms with Gasteiger partial charge in [-0.2, -0.15) is 0 Å². The van der Waals surface area contributed by atoms with E-state index >= 15 is 0 Å². The summed E-state index contributed by atoms with van der Waals surface area (Å²) in [7, 11) is 1.86.